The molecule has 3 aromatic rings. The van der Waals surface area contributed by atoms with E-state index in [4.69, 9.17) is 9.68 Å². The van der Waals surface area contributed by atoms with Crippen molar-refractivity contribution >= 4 is 12.0 Å². The molecule has 122 valence electrons. The van der Waals surface area contributed by atoms with Gasteiger partial charge in [-0.15, -0.1) is 0 Å². The largest absolute Gasteiger partial charge is 0.465 e. The fourth-order valence-electron chi connectivity index (χ4n) is 2.29. The van der Waals surface area contributed by atoms with Gasteiger partial charge >= 0.3 is 0 Å². The van der Waals surface area contributed by atoms with E-state index < -0.39 is 5.91 Å². The molecule has 0 bridgehead atoms. The van der Waals surface area contributed by atoms with Crippen LogP contribution in [0.3, 0.4) is 0 Å². The molecule has 0 fully saturated rings. The first-order valence-electron chi connectivity index (χ1n) is 7.69. The van der Waals surface area contributed by atoms with Gasteiger partial charge in [-0.1, -0.05) is 30.3 Å². The van der Waals surface area contributed by atoms with Crippen LogP contribution in [-0.2, 0) is 11.3 Å². The summed E-state index contributed by atoms with van der Waals surface area (Å²) in [5, 5.41) is 11.9. The van der Waals surface area contributed by atoms with Crippen molar-refractivity contribution < 1.29 is 9.21 Å². The molecular formula is C20H15N3O2. The van der Waals surface area contributed by atoms with Crippen LogP contribution in [0.1, 0.15) is 11.3 Å². The number of benzene rings is 1. The number of pyridine rings is 1. The van der Waals surface area contributed by atoms with E-state index in [1.54, 1.807) is 24.5 Å². The first-order valence-corrected chi connectivity index (χ1v) is 7.69. The number of nitriles is 1. The van der Waals surface area contributed by atoms with Crippen LogP contribution in [0.25, 0.3) is 17.2 Å². The smallest absolute Gasteiger partial charge is 0.262 e. The first kappa shape index (κ1) is 16.2. The van der Waals surface area contributed by atoms with Crippen molar-refractivity contribution in [3.63, 3.8) is 0 Å². The maximum absolute atomic E-state index is 12.1. The van der Waals surface area contributed by atoms with Crippen LogP contribution in [0.5, 0.6) is 0 Å². The molecule has 2 aromatic heterocycles. The summed E-state index contributed by atoms with van der Waals surface area (Å²) in [5.41, 5.74) is 3.03. The van der Waals surface area contributed by atoms with E-state index in [2.05, 4.69) is 10.3 Å². The summed E-state index contributed by atoms with van der Waals surface area (Å²) < 4.78 is 5.12. The molecule has 0 aliphatic carbocycles. The Labute approximate surface area is 145 Å². The molecular weight excluding hydrogens is 314 g/mol. The average molecular weight is 329 g/mol. The Balaban J connectivity index is 1.63. The van der Waals surface area contributed by atoms with Gasteiger partial charge in [0.15, 0.2) is 0 Å². The number of carbonyl (C=O) groups excluding carboxylic acids is 1. The molecule has 0 atom stereocenters. The zero-order chi connectivity index (χ0) is 17.5. The van der Waals surface area contributed by atoms with E-state index in [0.29, 0.717) is 12.3 Å². The topological polar surface area (TPSA) is 78.9 Å². The van der Waals surface area contributed by atoms with Gasteiger partial charge in [-0.2, -0.15) is 5.26 Å². The molecule has 0 aliphatic heterocycles. The molecule has 0 aliphatic rings. The predicted molar refractivity (Wildman–Crippen MR) is 93.8 cm³/mol. The van der Waals surface area contributed by atoms with Crippen molar-refractivity contribution in [2.75, 3.05) is 0 Å². The minimum Gasteiger partial charge on any atom is -0.465 e. The van der Waals surface area contributed by atoms with E-state index in [9.17, 15) is 4.79 Å². The van der Waals surface area contributed by atoms with Gasteiger partial charge in [0.1, 0.15) is 17.4 Å². The summed E-state index contributed by atoms with van der Waals surface area (Å²) in [7, 11) is 0. The third-order valence-corrected chi connectivity index (χ3v) is 3.60. The van der Waals surface area contributed by atoms with Crippen molar-refractivity contribution in [2.24, 2.45) is 0 Å². The Hall–Kier alpha value is -3.65. The number of amides is 1. The molecule has 2 heterocycles. The van der Waals surface area contributed by atoms with E-state index >= 15 is 0 Å². The number of aromatic nitrogens is 1. The van der Waals surface area contributed by atoms with Crippen molar-refractivity contribution in [3.8, 4) is 17.2 Å². The highest BCUT2D eigenvalue weighted by atomic mass is 16.3. The molecule has 0 unspecified atom stereocenters. The van der Waals surface area contributed by atoms with Crippen LogP contribution >= 0.6 is 0 Å². The second-order valence-corrected chi connectivity index (χ2v) is 5.31. The van der Waals surface area contributed by atoms with Crippen LogP contribution in [0.2, 0.25) is 0 Å². The van der Waals surface area contributed by atoms with Gasteiger partial charge in [0.2, 0.25) is 0 Å². The van der Waals surface area contributed by atoms with Crippen LogP contribution in [0.15, 0.2) is 77.2 Å². The molecule has 0 saturated carbocycles. The Kier molecular flexibility index (Phi) is 5.03. The minimum atomic E-state index is -0.435. The van der Waals surface area contributed by atoms with Crippen molar-refractivity contribution in [3.05, 3.63) is 84.1 Å². The maximum atomic E-state index is 12.1. The zero-order valence-electron chi connectivity index (χ0n) is 13.3. The molecule has 25 heavy (non-hydrogen) atoms. The van der Waals surface area contributed by atoms with E-state index in [1.807, 2.05) is 42.5 Å². The second-order valence-electron chi connectivity index (χ2n) is 5.31. The molecule has 5 heteroatoms. The fraction of sp³-hybridized carbons (Fsp3) is 0.0500. The summed E-state index contributed by atoms with van der Waals surface area (Å²) in [5.74, 6) is 0.0303. The van der Waals surface area contributed by atoms with Gasteiger partial charge in [-0.05, 0) is 34.9 Å². The second kappa shape index (κ2) is 7.75. The summed E-state index contributed by atoms with van der Waals surface area (Å²) in [6, 6.07) is 17.0. The highest BCUT2D eigenvalue weighted by molar-refractivity contribution is 6.01. The molecule has 1 N–H and O–H groups in total. The zero-order valence-corrected chi connectivity index (χ0v) is 13.3. The van der Waals surface area contributed by atoms with Crippen molar-refractivity contribution in [1.29, 1.82) is 5.26 Å². The van der Waals surface area contributed by atoms with E-state index in [-0.39, 0.29) is 5.57 Å². The normalized spacial score (nSPS) is 10.9. The fourth-order valence-corrected chi connectivity index (χ4v) is 2.29. The van der Waals surface area contributed by atoms with Gasteiger partial charge in [-0.3, -0.25) is 9.78 Å². The minimum absolute atomic E-state index is 0.00179. The Bertz CT molecular complexity index is 906. The van der Waals surface area contributed by atoms with Crippen molar-refractivity contribution in [2.45, 2.75) is 6.54 Å². The summed E-state index contributed by atoms with van der Waals surface area (Å²) in [6.07, 6.45) is 6.44. The molecule has 0 saturated heterocycles. The highest BCUT2D eigenvalue weighted by Crippen LogP contribution is 2.18. The monoisotopic (exact) mass is 329 g/mol. The lowest BCUT2D eigenvalue weighted by Gasteiger charge is -2.06. The lowest BCUT2D eigenvalue weighted by Crippen LogP contribution is -2.23. The number of nitrogens with zero attached hydrogens (tertiary/aromatic N) is 2. The van der Waals surface area contributed by atoms with Gasteiger partial charge in [0.25, 0.3) is 5.91 Å². The SMILES string of the molecule is N#CC(=Cc1ccco1)C(=O)NCc1ccc(-c2cccnc2)cc1. The molecule has 3 rings (SSSR count). The highest BCUT2D eigenvalue weighted by Gasteiger charge is 2.09. The maximum Gasteiger partial charge on any atom is 0.262 e. The molecule has 1 aromatic carbocycles. The average Bonchev–Trinajstić information content (AvgIpc) is 3.18. The third kappa shape index (κ3) is 4.21. The molecule has 0 radical (unpaired) electrons. The van der Waals surface area contributed by atoms with Crippen LogP contribution in [0.4, 0.5) is 0 Å². The number of hydrogen-bond donors (Lipinski definition) is 1. The first-order chi connectivity index (χ1) is 12.3. The van der Waals surface area contributed by atoms with Gasteiger partial charge in [-0.25, -0.2) is 0 Å². The molecule has 5 nitrogen and oxygen atoms in total. The van der Waals surface area contributed by atoms with Crippen LogP contribution in [-0.4, -0.2) is 10.9 Å². The number of furan rings is 1. The summed E-state index contributed by atoms with van der Waals surface area (Å²) in [4.78, 5) is 16.2. The third-order valence-electron chi connectivity index (χ3n) is 3.60. The van der Waals surface area contributed by atoms with Crippen LogP contribution < -0.4 is 5.32 Å². The lowest BCUT2D eigenvalue weighted by atomic mass is 10.1. The predicted octanol–water partition coefficient (Wildman–Crippen LogP) is 3.56. The van der Waals surface area contributed by atoms with Crippen molar-refractivity contribution in [1.82, 2.24) is 10.3 Å². The number of carbonyl (C=O) groups is 1. The Morgan fingerprint density at radius 3 is 2.64 bits per heavy atom. The number of nitrogens with one attached hydrogen (secondary N) is 1. The quantitative estimate of drug-likeness (QED) is 0.573. The Morgan fingerprint density at radius 1 is 1.16 bits per heavy atom. The van der Waals surface area contributed by atoms with Crippen LogP contribution in [0, 0.1) is 11.3 Å². The van der Waals surface area contributed by atoms with Gasteiger partial charge in [0.05, 0.1) is 6.26 Å². The summed E-state index contributed by atoms with van der Waals surface area (Å²) in [6.45, 7) is 0.337. The number of rotatable bonds is 5. The van der Waals surface area contributed by atoms with Gasteiger partial charge < -0.3 is 9.73 Å². The lowest BCUT2D eigenvalue weighted by molar-refractivity contribution is -0.117. The summed E-state index contributed by atoms with van der Waals surface area (Å²) >= 11 is 0. The standard InChI is InChI=1S/C20H15N3O2/c21-12-18(11-19-4-2-10-25-19)20(24)23-13-15-5-7-16(8-6-15)17-3-1-9-22-14-17/h1-11,14H,13H2,(H,23,24). The van der Waals surface area contributed by atoms with Gasteiger partial charge in [0, 0.05) is 25.0 Å². The van der Waals surface area contributed by atoms with E-state index in [1.165, 1.54) is 12.3 Å². The number of hydrogen-bond acceptors (Lipinski definition) is 4. The molecule has 0 spiro atoms. The van der Waals surface area contributed by atoms with E-state index in [0.717, 1.165) is 16.7 Å². The Morgan fingerprint density at radius 2 is 2.00 bits per heavy atom. The molecule has 1 amide bonds.